The highest BCUT2D eigenvalue weighted by molar-refractivity contribution is 5.62. The fourth-order valence-corrected chi connectivity index (χ4v) is 2.50. The summed E-state index contributed by atoms with van der Waals surface area (Å²) < 4.78 is 19.0. The maximum absolute atomic E-state index is 13.7. The average molecular weight is 268 g/mol. The average Bonchev–Trinajstić information content (AvgIpc) is 2.41. The van der Waals surface area contributed by atoms with E-state index in [2.05, 4.69) is 5.32 Å². The minimum Gasteiger partial charge on any atom is -0.381 e. The number of hydrogen-bond acceptors (Lipinski definition) is 4. The lowest BCUT2D eigenvalue weighted by atomic mass is 9.92. The first-order valence-electron chi connectivity index (χ1n) is 6.34. The van der Waals surface area contributed by atoms with Crippen LogP contribution in [-0.2, 0) is 4.74 Å². The molecule has 0 bridgehead atoms. The Morgan fingerprint density at radius 3 is 2.95 bits per heavy atom. The molecule has 1 aromatic carbocycles. The van der Waals surface area contributed by atoms with E-state index in [1.807, 2.05) is 0 Å². The van der Waals surface area contributed by atoms with Gasteiger partial charge in [-0.15, -0.1) is 0 Å². The van der Waals surface area contributed by atoms with Crippen molar-refractivity contribution in [2.45, 2.75) is 37.8 Å². The first-order valence-corrected chi connectivity index (χ1v) is 6.34. The topological polar surface area (TPSA) is 64.4 Å². The molecule has 0 amide bonds. The second-order valence-corrected chi connectivity index (χ2v) is 4.76. The quantitative estimate of drug-likeness (QED) is 0.673. The molecular formula is C13H17FN2O3. The van der Waals surface area contributed by atoms with E-state index in [0.717, 1.165) is 25.7 Å². The summed E-state index contributed by atoms with van der Waals surface area (Å²) >= 11 is 0. The van der Waals surface area contributed by atoms with Crippen molar-refractivity contribution in [3.63, 3.8) is 0 Å². The van der Waals surface area contributed by atoms with Gasteiger partial charge in [0, 0.05) is 19.2 Å². The fourth-order valence-electron chi connectivity index (χ4n) is 2.50. The summed E-state index contributed by atoms with van der Waals surface area (Å²) in [6.07, 6.45) is 3.69. The molecular weight excluding hydrogens is 251 g/mol. The van der Waals surface area contributed by atoms with Gasteiger partial charge in [-0.1, -0.05) is 6.07 Å². The van der Waals surface area contributed by atoms with Gasteiger partial charge in [0.2, 0.25) is 0 Å². The van der Waals surface area contributed by atoms with E-state index in [4.69, 9.17) is 4.74 Å². The Kier molecular flexibility index (Phi) is 4.31. The highest BCUT2D eigenvalue weighted by atomic mass is 19.1. The molecule has 1 aliphatic carbocycles. The number of halogens is 1. The van der Waals surface area contributed by atoms with Gasteiger partial charge in [-0.05, 0) is 31.7 Å². The number of rotatable bonds is 4. The number of nitro benzene ring substituents is 1. The predicted octanol–water partition coefficient (Wildman–Crippen LogP) is 3.10. The smallest absolute Gasteiger partial charge is 0.295 e. The molecule has 104 valence electrons. The third kappa shape index (κ3) is 3.20. The van der Waals surface area contributed by atoms with Crippen LogP contribution in [0.1, 0.15) is 25.7 Å². The molecule has 1 saturated carbocycles. The fraction of sp³-hybridized carbons (Fsp3) is 0.538. The van der Waals surface area contributed by atoms with E-state index in [-0.39, 0.29) is 23.5 Å². The van der Waals surface area contributed by atoms with Gasteiger partial charge in [0.1, 0.15) is 5.69 Å². The molecule has 0 aliphatic heterocycles. The lowest BCUT2D eigenvalue weighted by Crippen LogP contribution is -2.31. The van der Waals surface area contributed by atoms with E-state index >= 15 is 0 Å². The molecule has 2 rings (SSSR count). The molecule has 5 nitrogen and oxygen atoms in total. The zero-order valence-electron chi connectivity index (χ0n) is 10.8. The molecule has 0 aromatic heterocycles. The molecule has 0 heterocycles. The molecule has 1 N–H and O–H groups in total. The Hall–Kier alpha value is -1.69. The number of para-hydroxylation sites is 1. The van der Waals surface area contributed by atoms with E-state index < -0.39 is 10.7 Å². The summed E-state index contributed by atoms with van der Waals surface area (Å²) in [5, 5.41) is 13.9. The number of nitrogens with zero attached hydrogens (tertiary/aromatic N) is 1. The molecule has 0 saturated heterocycles. The van der Waals surface area contributed by atoms with Crippen LogP contribution in [0.3, 0.4) is 0 Å². The van der Waals surface area contributed by atoms with Gasteiger partial charge in [-0.2, -0.15) is 0 Å². The van der Waals surface area contributed by atoms with E-state index in [0.29, 0.717) is 0 Å². The molecule has 1 aliphatic rings. The number of nitrogens with one attached hydrogen (secondary N) is 1. The Balaban J connectivity index is 2.16. The number of anilines is 1. The molecule has 1 aromatic rings. The second kappa shape index (κ2) is 5.97. The summed E-state index contributed by atoms with van der Waals surface area (Å²) in [5.74, 6) is -0.589. The van der Waals surface area contributed by atoms with Crippen molar-refractivity contribution in [3.05, 3.63) is 34.1 Å². The lowest BCUT2D eigenvalue weighted by molar-refractivity contribution is -0.384. The number of hydrogen-bond donors (Lipinski definition) is 1. The molecule has 19 heavy (non-hydrogen) atoms. The standard InChI is InChI=1S/C13H17FN2O3/c1-19-10-5-2-4-9(8-10)15-13-11(14)6-3-7-12(13)16(17)18/h3,6-7,9-10,15H,2,4-5,8H2,1H3. The summed E-state index contributed by atoms with van der Waals surface area (Å²) in [6, 6.07) is 3.89. The minimum atomic E-state index is -0.589. The van der Waals surface area contributed by atoms with Gasteiger partial charge in [0.05, 0.1) is 11.0 Å². The predicted molar refractivity (Wildman–Crippen MR) is 69.7 cm³/mol. The third-order valence-corrected chi connectivity index (χ3v) is 3.50. The maximum Gasteiger partial charge on any atom is 0.295 e. The van der Waals surface area contributed by atoms with Crippen LogP contribution in [0.2, 0.25) is 0 Å². The summed E-state index contributed by atoms with van der Waals surface area (Å²) in [6.45, 7) is 0. The van der Waals surface area contributed by atoms with Gasteiger partial charge < -0.3 is 10.1 Å². The van der Waals surface area contributed by atoms with E-state index in [9.17, 15) is 14.5 Å². The molecule has 0 spiro atoms. The van der Waals surface area contributed by atoms with Gasteiger partial charge in [0.15, 0.2) is 5.82 Å². The van der Waals surface area contributed by atoms with Crippen molar-refractivity contribution in [1.82, 2.24) is 0 Å². The van der Waals surface area contributed by atoms with Crippen molar-refractivity contribution in [1.29, 1.82) is 0 Å². The normalized spacial score (nSPS) is 23.1. The van der Waals surface area contributed by atoms with Crippen LogP contribution in [0.15, 0.2) is 18.2 Å². The van der Waals surface area contributed by atoms with Gasteiger partial charge in [0.25, 0.3) is 5.69 Å². The highest BCUT2D eigenvalue weighted by Gasteiger charge is 2.25. The van der Waals surface area contributed by atoms with Crippen molar-refractivity contribution in [3.8, 4) is 0 Å². The van der Waals surface area contributed by atoms with Crippen molar-refractivity contribution in [2.24, 2.45) is 0 Å². The SMILES string of the molecule is COC1CCCC(Nc2c(F)cccc2[N+](=O)[O-])C1. The Bertz CT molecular complexity index is 467. The van der Waals surface area contributed by atoms with Gasteiger partial charge in [-0.3, -0.25) is 10.1 Å². The number of benzene rings is 1. The second-order valence-electron chi connectivity index (χ2n) is 4.76. The Labute approximate surface area is 110 Å². The number of nitro groups is 1. The molecule has 2 unspecified atom stereocenters. The van der Waals surface area contributed by atoms with Gasteiger partial charge >= 0.3 is 0 Å². The first-order chi connectivity index (χ1) is 9.11. The largest absolute Gasteiger partial charge is 0.381 e. The minimum absolute atomic E-state index is 0.00861. The van der Waals surface area contributed by atoms with Crippen LogP contribution in [0, 0.1) is 15.9 Å². The zero-order chi connectivity index (χ0) is 13.8. The van der Waals surface area contributed by atoms with Crippen molar-refractivity contribution in [2.75, 3.05) is 12.4 Å². The molecule has 2 atom stereocenters. The summed E-state index contributed by atoms with van der Waals surface area (Å²) in [5.41, 5.74) is -0.242. The number of methoxy groups -OCH3 is 1. The zero-order valence-corrected chi connectivity index (χ0v) is 10.8. The van der Waals surface area contributed by atoms with E-state index in [1.54, 1.807) is 7.11 Å². The van der Waals surface area contributed by atoms with Crippen LogP contribution < -0.4 is 5.32 Å². The molecule has 0 radical (unpaired) electrons. The van der Waals surface area contributed by atoms with Crippen LogP contribution in [-0.4, -0.2) is 24.2 Å². The van der Waals surface area contributed by atoms with Crippen LogP contribution in [0.5, 0.6) is 0 Å². The monoisotopic (exact) mass is 268 g/mol. The summed E-state index contributed by atoms with van der Waals surface area (Å²) in [7, 11) is 1.65. The Morgan fingerprint density at radius 1 is 1.47 bits per heavy atom. The van der Waals surface area contributed by atoms with Crippen LogP contribution >= 0.6 is 0 Å². The lowest BCUT2D eigenvalue weighted by Gasteiger charge is -2.29. The maximum atomic E-state index is 13.7. The van der Waals surface area contributed by atoms with Gasteiger partial charge in [-0.25, -0.2) is 4.39 Å². The molecule has 6 heteroatoms. The molecule has 1 fully saturated rings. The van der Waals surface area contributed by atoms with Crippen LogP contribution in [0.4, 0.5) is 15.8 Å². The summed E-state index contributed by atoms with van der Waals surface area (Å²) in [4.78, 5) is 10.3. The van der Waals surface area contributed by atoms with Crippen LogP contribution in [0.25, 0.3) is 0 Å². The van der Waals surface area contributed by atoms with E-state index in [1.165, 1.54) is 18.2 Å². The van der Waals surface area contributed by atoms with Crippen molar-refractivity contribution < 1.29 is 14.1 Å². The third-order valence-electron chi connectivity index (χ3n) is 3.50. The highest BCUT2D eigenvalue weighted by Crippen LogP contribution is 2.31. The number of ether oxygens (including phenoxy) is 1. The Morgan fingerprint density at radius 2 is 2.26 bits per heavy atom. The first kappa shape index (κ1) is 13.7. The van der Waals surface area contributed by atoms with Crippen molar-refractivity contribution >= 4 is 11.4 Å².